The minimum atomic E-state index is -0.560. The number of nitrogens with one attached hydrogen (secondary N) is 1. The highest BCUT2D eigenvalue weighted by atomic mass is 16.5. The van der Waals surface area contributed by atoms with E-state index >= 15 is 0 Å². The van der Waals surface area contributed by atoms with Crippen molar-refractivity contribution in [2.24, 2.45) is 5.92 Å². The van der Waals surface area contributed by atoms with Crippen molar-refractivity contribution in [3.8, 4) is 11.5 Å². The van der Waals surface area contributed by atoms with Crippen LogP contribution in [0.2, 0.25) is 0 Å². The van der Waals surface area contributed by atoms with Crippen LogP contribution in [0.3, 0.4) is 0 Å². The summed E-state index contributed by atoms with van der Waals surface area (Å²) in [4.78, 5) is 24.2. The van der Waals surface area contributed by atoms with E-state index in [1.807, 2.05) is 6.92 Å². The average molecular weight is 349 g/mol. The molecule has 0 spiro atoms. The van der Waals surface area contributed by atoms with Gasteiger partial charge in [-0.15, -0.1) is 0 Å². The third kappa shape index (κ3) is 5.37. The number of methoxy groups -OCH3 is 1. The molecule has 25 heavy (non-hydrogen) atoms. The molecule has 1 fully saturated rings. The maximum atomic E-state index is 12.2. The Morgan fingerprint density at radius 3 is 2.64 bits per heavy atom. The van der Waals surface area contributed by atoms with Crippen LogP contribution in [0.5, 0.6) is 11.5 Å². The SMILES string of the molecule is CCOc1cc(C(=O)OCC(=O)N[C@@H]2CCCC[C@@H]2C)ccc1OC. The summed E-state index contributed by atoms with van der Waals surface area (Å²) in [6.07, 6.45) is 4.44. The Labute approximate surface area is 148 Å². The molecule has 2 rings (SSSR count). The first kappa shape index (κ1) is 19.1. The number of carbonyl (C=O) groups is 2. The molecule has 1 aromatic carbocycles. The summed E-state index contributed by atoms with van der Waals surface area (Å²) < 4.78 is 15.8. The Hall–Kier alpha value is -2.24. The third-order valence-corrected chi connectivity index (χ3v) is 4.49. The fourth-order valence-corrected chi connectivity index (χ4v) is 3.07. The zero-order valence-corrected chi connectivity index (χ0v) is 15.2. The van der Waals surface area contributed by atoms with Crippen LogP contribution < -0.4 is 14.8 Å². The molecule has 0 unspecified atom stereocenters. The second kappa shape index (κ2) is 9.30. The van der Waals surface area contributed by atoms with Gasteiger partial charge in [0, 0.05) is 6.04 Å². The van der Waals surface area contributed by atoms with Crippen LogP contribution in [-0.2, 0) is 9.53 Å². The summed E-state index contributed by atoms with van der Waals surface area (Å²) in [6.45, 7) is 4.17. The fraction of sp³-hybridized carbons (Fsp3) is 0.579. The van der Waals surface area contributed by atoms with Gasteiger partial charge in [-0.25, -0.2) is 4.79 Å². The maximum absolute atomic E-state index is 12.2. The first-order valence-electron chi connectivity index (χ1n) is 8.82. The van der Waals surface area contributed by atoms with Gasteiger partial charge in [0.2, 0.25) is 0 Å². The lowest BCUT2D eigenvalue weighted by Crippen LogP contribution is -2.42. The van der Waals surface area contributed by atoms with Crippen molar-refractivity contribution in [2.75, 3.05) is 20.3 Å². The van der Waals surface area contributed by atoms with Crippen LogP contribution in [0.1, 0.15) is 49.9 Å². The molecule has 0 heterocycles. The molecule has 0 radical (unpaired) electrons. The zero-order chi connectivity index (χ0) is 18.2. The van der Waals surface area contributed by atoms with Crippen LogP contribution in [-0.4, -0.2) is 38.2 Å². The summed E-state index contributed by atoms with van der Waals surface area (Å²) in [7, 11) is 1.53. The molecule has 1 saturated carbocycles. The molecule has 0 bridgehead atoms. The van der Waals surface area contributed by atoms with Gasteiger partial charge in [-0.1, -0.05) is 19.8 Å². The van der Waals surface area contributed by atoms with Gasteiger partial charge in [-0.2, -0.15) is 0 Å². The van der Waals surface area contributed by atoms with Gasteiger partial charge in [0.25, 0.3) is 5.91 Å². The molecule has 1 N–H and O–H groups in total. The van der Waals surface area contributed by atoms with E-state index in [4.69, 9.17) is 14.2 Å². The number of hydrogen-bond donors (Lipinski definition) is 1. The molecule has 2 atom stereocenters. The average Bonchev–Trinajstić information content (AvgIpc) is 2.62. The van der Waals surface area contributed by atoms with Crippen molar-refractivity contribution in [3.05, 3.63) is 23.8 Å². The van der Waals surface area contributed by atoms with Crippen LogP contribution in [0.4, 0.5) is 0 Å². The van der Waals surface area contributed by atoms with Crippen LogP contribution >= 0.6 is 0 Å². The molecule has 138 valence electrons. The highest BCUT2D eigenvalue weighted by molar-refractivity contribution is 5.92. The molecule has 1 aliphatic rings. The number of amides is 1. The Balaban J connectivity index is 1.89. The Kier molecular flexibility index (Phi) is 7.10. The minimum absolute atomic E-state index is 0.172. The zero-order valence-electron chi connectivity index (χ0n) is 15.2. The largest absolute Gasteiger partial charge is 0.493 e. The lowest BCUT2D eigenvalue weighted by Gasteiger charge is -2.29. The Bertz CT molecular complexity index is 601. The standard InChI is InChI=1S/C19H27NO5/c1-4-24-17-11-14(9-10-16(17)23-3)19(22)25-12-18(21)20-15-8-6-5-7-13(15)2/h9-11,13,15H,4-8,12H2,1-3H3,(H,20,21)/t13-,15+/m0/s1. The van der Waals surface area contributed by atoms with Crippen LogP contribution in [0, 0.1) is 5.92 Å². The van der Waals surface area contributed by atoms with E-state index in [0.717, 1.165) is 19.3 Å². The molecule has 1 amide bonds. The maximum Gasteiger partial charge on any atom is 0.338 e. The molecule has 0 saturated heterocycles. The van der Waals surface area contributed by atoms with Gasteiger partial charge >= 0.3 is 5.97 Å². The number of esters is 1. The summed E-state index contributed by atoms with van der Waals surface area (Å²) in [5, 5.41) is 2.96. The summed E-state index contributed by atoms with van der Waals surface area (Å²) in [6, 6.07) is 4.97. The van der Waals surface area contributed by atoms with Crippen molar-refractivity contribution in [3.63, 3.8) is 0 Å². The van der Waals surface area contributed by atoms with Crippen molar-refractivity contribution < 1.29 is 23.8 Å². The lowest BCUT2D eigenvalue weighted by molar-refractivity contribution is -0.125. The first-order valence-corrected chi connectivity index (χ1v) is 8.82. The van der Waals surface area contributed by atoms with Gasteiger partial charge in [0.15, 0.2) is 18.1 Å². The summed E-state index contributed by atoms with van der Waals surface area (Å²) in [5.74, 6) is 0.659. The van der Waals surface area contributed by atoms with Crippen LogP contribution in [0.25, 0.3) is 0 Å². The van der Waals surface area contributed by atoms with E-state index in [1.54, 1.807) is 18.2 Å². The van der Waals surface area contributed by atoms with Crippen molar-refractivity contribution in [1.82, 2.24) is 5.32 Å². The minimum Gasteiger partial charge on any atom is -0.493 e. The fourth-order valence-electron chi connectivity index (χ4n) is 3.07. The predicted molar refractivity (Wildman–Crippen MR) is 94.0 cm³/mol. The summed E-state index contributed by atoms with van der Waals surface area (Å²) in [5.41, 5.74) is 0.322. The number of ether oxygens (including phenoxy) is 3. The highest BCUT2D eigenvalue weighted by Gasteiger charge is 2.23. The van der Waals surface area contributed by atoms with Crippen molar-refractivity contribution in [1.29, 1.82) is 0 Å². The van der Waals surface area contributed by atoms with E-state index in [9.17, 15) is 9.59 Å². The number of rotatable bonds is 7. The predicted octanol–water partition coefficient (Wildman–Crippen LogP) is 2.95. The van der Waals surface area contributed by atoms with E-state index in [1.165, 1.54) is 13.5 Å². The molecule has 1 aromatic rings. The van der Waals surface area contributed by atoms with E-state index in [-0.39, 0.29) is 18.6 Å². The van der Waals surface area contributed by atoms with Crippen molar-refractivity contribution in [2.45, 2.75) is 45.6 Å². The van der Waals surface area contributed by atoms with Gasteiger partial charge in [-0.05, 0) is 43.9 Å². The van der Waals surface area contributed by atoms with Crippen LogP contribution in [0.15, 0.2) is 18.2 Å². The van der Waals surface area contributed by atoms with E-state index < -0.39 is 5.97 Å². The normalized spacial score (nSPS) is 19.8. The van der Waals surface area contributed by atoms with E-state index in [2.05, 4.69) is 12.2 Å². The van der Waals surface area contributed by atoms with Gasteiger partial charge in [0.1, 0.15) is 0 Å². The second-order valence-corrected chi connectivity index (χ2v) is 6.31. The van der Waals surface area contributed by atoms with Gasteiger partial charge in [-0.3, -0.25) is 4.79 Å². The topological polar surface area (TPSA) is 73.9 Å². The number of benzene rings is 1. The summed E-state index contributed by atoms with van der Waals surface area (Å²) >= 11 is 0. The highest BCUT2D eigenvalue weighted by Crippen LogP contribution is 2.28. The quantitative estimate of drug-likeness (QED) is 0.766. The molecule has 0 aliphatic heterocycles. The number of carbonyl (C=O) groups excluding carboxylic acids is 2. The molecule has 6 nitrogen and oxygen atoms in total. The van der Waals surface area contributed by atoms with Crippen molar-refractivity contribution >= 4 is 11.9 Å². The second-order valence-electron chi connectivity index (χ2n) is 6.31. The molecule has 1 aliphatic carbocycles. The lowest BCUT2D eigenvalue weighted by atomic mass is 9.86. The smallest absolute Gasteiger partial charge is 0.338 e. The Morgan fingerprint density at radius 1 is 1.20 bits per heavy atom. The molecular weight excluding hydrogens is 322 g/mol. The first-order chi connectivity index (χ1) is 12.0. The molecular formula is C19H27NO5. The van der Waals surface area contributed by atoms with Gasteiger partial charge < -0.3 is 19.5 Å². The Morgan fingerprint density at radius 2 is 1.96 bits per heavy atom. The van der Waals surface area contributed by atoms with Gasteiger partial charge in [0.05, 0.1) is 19.3 Å². The third-order valence-electron chi connectivity index (χ3n) is 4.49. The monoisotopic (exact) mass is 349 g/mol. The number of hydrogen-bond acceptors (Lipinski definition) is 5. The van der Waals surface area contributed by atoms with E-state index in [0.29, 0.717) is 29.6 Å². The molecule has 0 aromatic heterocycles. The molecule has 6 heteroatoms.